The van der Waals surface area contributed by atoms with Gasteiger partial charge in [-0.05, 0) is 30.5 Å². The number of piperazine rings is 1. The second-order valence-corrected chi connectivity index (χ2v) is 9.44. The van der Waals surface area contributed by atoms with Crippen LogP contribution in [-0.4, -0.2) is 76.4 Å². The smallest absolute Gasteiger partial charge is 0.288 e. The molecule has 3 aromatic rings. The summed E-state index contributed by atoms with van der Waals surface area (Å²) in [6.07, 6.45) is 3.66. The third-order valence-electron chi connectivity index (χ3n) is 6.39. The van der Waals surface area contributed by atoms with Crippen LogP contribution in [0.15, 0.2) is 29.2 Å². The van der Waals surface area contributed by atoms with E-state index in [1.165, 1.54) is 22.0 Å². The molecule has 1 amide bonds. The third-order valence-corrected chi connectivity index (χ3v) is 7.37. The summed E-state index contributed by atoms with van der Waals surface area (Å²) in [5.74, 6) is 1.28. The Labute approximate surface area is 193 Å². The van der Waals surface area contributed by atoms with Crippen molar-refractivity contribution in [2.24, 2.45) is 0 Å². The zero-order valence-electron chi connectivity index (χ0n) is 18.1. The summed E-state index contributed by atoms with van der Waals surface area (Å²) in [5.41, 5.74) is 0.828. The van der Waals surface area contributed by atoms with E-state index in [1.807, 2.05) is 18.2 Å². The molecular formula is C22H24N6O4S. The lowest BCUT2D eigenvalue weighted by atomic mass is 10.1. The number of benzene rings is 1. The number of fused-ring (bicyclic) bond motifs is 2. The summed E-state index contributed by atoms with van der Waals surface area (Å²) in [5, 5.41) is 5.24. The van der Waals surface area contributed by atoms with E-state index in [2.05, 4.69) is 19.9 Å². The number of carbonyl (C=O) groups excluding carboxylic acids is 1. The van der Waals surface area contributed by atoms with Crippen LogP contribution >= 0.6 is 11.3 Å². The fourth-order valence-electron chi connectivity index (χ4n) is 4.54. The zero-order chi connectivity index (χ0) is 22.4. The number of nitrogens with zero attached hydrogens (tertiary/aromatic N) is 6. The van der Waals surface area contributed by atoms with E-state index in [4.69, 9.17) is 9.47 Å². The SMILES string of the molecule is O=C(c1cnc2sc(N3CCCC3)nn2c1=O)N1CCN(Cc2ccc3c(c2)OCO3)CC1. The van der Waals surface area contributed by atoms with Gasteiger partial charge in [0.15, 0.2) is 11.5 Å². The van der Waals surface area contributed by atoms with Gasteiger partial charge in [0.1, 0.15) is 5.56 Å². The van der Waals surface area contributed by atoms with Crippen molar-refractivity contribution < 1.29 is 14.3 Å². The molecular weight excluding hydrogens is 444 g/mol. The van der Waals surface area contributed by atoms with Gasteiger partial charge in [-0.1, -0.05) is 17.4 Å². The van der Waals surface area contributed by atoms with Crippen LogP contribution in [0.4, 0.5) is 5.13 Å². The first-order valence-corrected chi connectivity index (χ1v) is 12.0. The van der Waals surface area contributed by atoms with Crippen LogP contribution in [0.2, 0.25) is 0 Å². The molecule has 33 heavy (non-hydrogen) atoms. The average Bonchev–Trinajstić information content (AvgIpc) is 3.59. The molecule has 0 bridgehead atoms. The summed E-state index contributed by atoms with van der Waals surface area (Å²) in [6, 6.07) is 5.98. The number of hydrogen-bond acceptors (Lipinski definition) is 9. The van der Waals surface area contributed by atoms with Gasteiger partial charge in [-0.15, -0.1) is 5.10 Å². The highest BCUT2D eigenvalue weighted by Crippen LogP contribution is 2.33. The quantitative estimate of drug-likeness (QED) is 0.568. The molecule has 0 atom stereocenters. The van der Waals surface area contributed by atoms with E-state index in [-0.39, 0.29) is 18.3 Å². The van der Waals surface area contributed by atoms with E-state index in [0.29, 0.717) is 18.1 Å². The minimum Gasteiger partial charge on any atom is -0.454 e. The molecule has 2 saturated heterocycles. The van der Waals surface area contributed by atoms with Crippen molar-refractivity contribution in [1.82, 2.24) is 24.4 Å². The maximum Gasteiger partial charge on any atom is 0.288 e. The van der Waals surface area contributed by atoms with Gasteiger partial charge in [0.2, 0.25) is 16.9 Å². The molecule has 2 aromatic heterocycles. The van der Waals surface area contributed by atoms with E-state index in [1.54, 1.807) is 4.90 Å². The molecule has 172 valence electrons. The van der Waals surface area contributed by atoms with Gasteiger partial charge in [0.05, 0.1) is 0 Å². The Morgan fingerprint density at radius 3 is 2.64 bits per heavy atom. The van der Waals surface area contributed by atoms with Crippen LogP contribution in [0.3, 0.4) is 0 Å². The first-order valence-electron chi connectivity index (χ1n) is 11.2. The van der Waals surface area contributed by atoms with Gasteiger partial charge in [-0.25, -0.2) is 4.98 Å². The second kappa shape index (κ2) is 8.31. The fraction of sp³-hybridized carbons (Fsp3) is 0.455. The average molecular weight is 469 g/mol. The molecule has 0 aliphatic carbocycles. The monoisotopic (exact) mass is 468 g/mol. The summed E-state index contributed by atoms with van der Waals surface area (Å²) < 4.78 is 12.1. The van der Waals surface area contributed by atoms with Crippen molar-refractivity contribution in [3.8, 4) is 11.5 Å². The van der Waals surface area contributed by atoms with Gasteiger partial charge < -0.3 is 19.3 Å². The van der Waals surface area contributed by atoms with Crippen molar-refractivity contribution >= 4 is 27.3 Å². The van der Waals surface area contributed by atoms with Gasteiger partial charge in [0, 0.05) is 52.0 Å². The predicted octanol–water partition coefficient (Wildman–Crippen LogP) is 1.44. The number of carbonyl (C=O) groups is 1. The number of amides is 1. The number of ether oxygens (including phenoxy) is 2. The highest BCUT2D eigenvalue weighted by Gasteiger charge is 2.26. The largest absolute Gasteiger partial charge is 0.454 e. The van der Waals surface area contributed by atoms with Gasteiger partial charge >= 0.3 is 0 Å². The lowest BCUT2D eigenvalue weighted by Gasteiger charge is -2.34. The molecule has 3 aliphatic rings. The highest BCUT2D eigenvalue weighted by atomic mass is 32.1. The summed E-state index contributed by atoms with van der Waals surface area (Å²) >= 11 is 1.39. The van der Waals surface area contributed by atoms with Crippen LogP contribution in [0, 0.1) is 0 Å². The highest BCUT2D eigenvalue weighted by molar-refractivity contribution is 7.20. The lowest BCUT2D eigenvalue weighted by molar-refractivity contribution is 0.0626. The van der Waals surface area contributed by atoms with Crippen LogP contribution in [0.5, 0.6) is 11.5 Å². The Kier molecular flexibility index (Phi) is 5.14. The minimum atomic E-state index is -0.394. The zero-order valence-corrected chi connectivity index (χ0v) is 18.9. The van der Waals surface area contributed by atoms with Crippen LogP contribution < -0.4 is 19.9 Å². The fourth-order valence-corrected chi connectivity index (χ4v) is 5.45. The van der Waals surface area contributed by atoms with Crippen LogP contribution in [0.1, 0.15) is 28.8 Å². The normalized spacial score (nSPS) is 18.4. The van der Waals surface area contributed by atoms with Crippen LogP contribution in [0.25, 0.3) is 4.96 Å². The first-order chi connectivity index (χ1) is 16.2. The molecule has 6 rings (SSSR count). The predicted molar refractivity (Wildman–Crippen MR) is 122 cm³/mol. The maximum absolute atomic E-state index is 13.1. The van der Waals surface area contributed by atoms with Gasteiger partial charge in [-0.2, -0.15) is 4.52 Å². The summed E-state index contributed by atoms with van der Waals surface area (Å²) in [4.78, 5) is 37.2. The Morgan fingerprint density at radius 1 is 1.03 bits per heavy atom. The number of aromatic nitrogens is 3. The molecule has 10 nitrogen and oxygen atoms in total. The summed E-state index contributed by atoms with van der Waals surface area (Å²) in [6.45, 7) is 5.49. The first kappa shape index (κ1) is 20.4. The number of rotatable bonds is 4. The van der Waals surface area contributed by atoms with Crippen molar-refractivity contribution in [3.63, 3.8) is 0 Å². The van der Waals surface area contributed by atoms with E-state index < -0.39 is 5.56 Å². The Morgan fingerprint density at radius 2 is 1.82 bits per heavy atom. The minimum absolute atomic E-state index is 0.0787. The Bertz CT molecular complexity index is 1260. The molecule has 0 N–H and O–H groups in total. The third kappa shape index (κ3) is 3.80. The van der Waals surface area contributed by atoms with Crippen molar-refractivity contribution in [2.75, 3.05) is 51.0 Å². The van der Waals surface area contributed by atoms with Crippen LogP contribution in [-0.2, 0) is 6.54 Å². The van der Waals surface area contributed by atoms with Gasteiger partial charge in [-0.3, -0.25) is 14.5 Å². The van der Waals surface area contributed by atoms with Crippen molar-refractivity contribution in [2.45, 2.75) is 19.4 Å². The Balaban J connectivity index is 1.13. The summed E-state index contributed by atoms with van der Waals surface area (Å²) in [7, 11) is 0. The molecule has 5 heterocycles. The molecule has 0 unspecified atom stereocenters. The van der Waals surface area contributed by atoms with Gasteiger partial charge in [0.25, 0.3) is 11.5 Å². The molecule has 1 aromatic carbocycles. The molecule has 0 radical (unpaired) electrons. The molecule has 0 saturated carbocycles. The molecule has 0 spiro atoms. The second-order valence-electron chi connectivity index (χ2n) is 8.51. The molecule has 11 heteroatoms. The molecule has 3 aliphatic heterocycles. The van der Waals surface area contributed by atoms with Crippen molar-refractivity contribution in [3.05, 3.63) is 45.9 Å². The standard InChI is InChI=1S/C22H24N6O4S/c29-19(16-12-23-21-28(20(16)30)24-22(33-21)27-5-1-2-6-27)26-9-7-25(8-10-26)13-15-3-4-17-18(11-15)32-14-31-17/h3-4,11-12H,1-2,5-10,13-14H2. The van der Waals surface area contributed by atoms with E-state index in [9.17, 15) is 9.59 Å². The van der Waals surface area contributed by atoms with E-state index in [0.717, 1.165) is 67.8 Å². The number of anilines is 1. The lowest BCUT2D eigenvalue weighted by Crippen LogP contribution is -2.49. The van der Waals surface area contributed by atoms with Crippen molar-refractivity contribution in [1.29, 1.82) is 0 Å². The Hall–Kier alpha value is -3.18. The maximum atomic E-state index is 13.1. The molecule has 2 fully saturated rings. The topological polar surface area (TPSA) is 92.5 Å². The van der Waals surface area contributed by atoms with E-state index >= 15 is 0 Å². The number of hydrogen-bond donors (Lipinski definition) is 0.